The minimum Gasteiger partial charge on any atom is -0.493 e. The average Bonchev–Trinajstić information content (AvgIpc) is 3.33. The van der Waals surface area contributed by atoms with Gasteiger partial charge in [-0.25, -0.2) is 14.5 Å². The number of likely N-dealkylation sites (tertiary alicyclic amines) is 1. The van der Waals surface area contributed by atoms with Crippen LogP contribution in [0.25, 0.3) is 27.9 Å². The number of methoxy groups -OCH3 is 1. The predicted molar refractivity (Wildman–Crippen MR) is 120 cm³/mol. The number of nitrogens with one attached hydrogen (secondary N) is 1. The van der Waals surface area contributed by atoms with Crippen LogP contribution in [0.3, 0.4) is 0 Å². The molecule has 5 rings (SSSR count). The molecule has 4 aromatic heterocycles. The summed E-state index contributed by atoms with van der Waals surface area (Å²) in [5.41, 5.74) is 5.77. The maximum Gasteiger partial charge on any atom is 0.214 e. The van der Waals surface area contributed by atoms with Crippen LogP contribution in [0.1, 0.15) is 39.2 Å². The summed E-state index contributed by atoms with van der Waals surface area (Å²) in [6.07, 6.45) is 3.70. The molecule has 0 aromatic carbocycles. The highest BCUT2D eigenvalue weighted by Gasteiger charge is 2.30. The van der Waals surface area contributed by atoms with Crippen molar-refractivity contribution in [1.82, 2.24) is 29.5 Å². The number of hydrogen-bond acceptors (Lipinski definition) is 6. The molecule has 1 aliphatic rings. The van der Waals surface area contributed by atoms with Crippen LogP contribution >= 0.6 is 0 Å². The SMILES string of the molecule is COc1cc(-c2[nH]c3ccc(OC4CN(C(C)C)C4)nc3c2C(C)C)cn2ncnc12. The Morgan fingerprint density at radius 1 is 1.16 bits per heavy atom. The van der Waals surface area contributed by atoms with E-state index >= 15 is 0 Å². The zero-order chi connectivity index (χ0) is 21.7. The zero-order valence-corrected chi connectivity index (χ0v) is 18.6. The molecule has 0 atom stereocenters. The number of hydrogen-bond donors (Lipinski definition) is 1. The first kappa shape index (κ1) is 19.8. The number of fused-ring (bicyclic) bond motifs is 2. The van der Waals surface area contributed by atoms with Crippen LogP contribution in [0.2, 0.25) is 0 Å². The van der Waals surface area contributed by atoms with Crippen molar-refractivity contribution < 1.29 is 9.47 Å². The van der Waals surface area contributed by atoms with E-state index in [0.29, 0.717) is 23.3 Å². The summed E-state index contributed by atoms with van der Waals surface area (Å²) in [6.45, 7) is 10.7. The molecule has 0 saturated carbocycles. The summed E-state index contributed by atoms with van der Waals surface area (Å²) in [7, 11) is 1.65. The second-order valence-corrected chi connectivity index (χ2v) is 8.73. The van der Waals surface area contributed by atoms with E-state index < -0.39 is 0 Å². The molecule has 0 spiro atoms. The van der Waals surface area contributed by atoms with Crippen LogP contribution in [0.5, 0.6) is 11.6 Å². The lowest BCUT2D eigenvalue weighted by Gasteiger charge is -2.41. The lowest BCUT2D eigenvalue weighted by molar-refractivity contribution is -0.00210. The largest absolute Gasteiger partial charge is 0.493 e. The van der Waals surface area contributed by atoms with Crippen molar-refractivity contribution in [3.8, 4) is 22.9 Å². The summed E-state index contributed by atoms with van der Waals surface area (Å²) in [5, 5.41) is 4.29. The molecule has 0 unspecified atom stereocenters. The predicted octanol–water partition coefficient (Wildman–Crippen LogP) is 3.88. The molecule has 1 fully saturated rings. The molecule has 162 valence electrons. The van der Waals surface area contributed by atoms with Crippen molar-refractivity contribution in [1.29, 1.82) is 0 Å². The fourth-order valence-electron chi connectivity index (χ4n) is 4.24. The van der Waals surface area contributed by atoms with Crippen molar-refractivity contribution in [2.24, 2.45) is 0 Å². The van der Waals surface area contributed by atoms with Gasteiger partial charge >= 0.3 is 0 Å². The van der Waals surface area contributed by atoms with Gasteiger partial charge in [0.1, 0.15) is 12.4 Å². The molecule has 1 N–H and O–H groups in total. The van der Waals surface area contributed by atoms with Gasteiger partial charge in [-0.3, -0.25) is 4.90 Å². The first-order chi connectivity index (χ1) is 14.9. The summed E-state index contributed by atoms with van der Waals surface area (Å²) < 4.78 is 13.5. The molecule has 4 aromatic rings. The molecule has 0 radical (unpaired) electrons. The Hall–Kier alpha value is -3.13. The van der Waals surface area contributed by atoms with Crippen molar-refractivity contribution in [2.75, 3.05) is 20.2 Å². The number of aromatic amines is 1. The van der Waals surface area contributed by atoms with Crippen molar-refractivity contribution >= 4 is 16.7 Å². The molecule has 8 heteroatoms. The third-order valence-electron chi connectivity index (χ3n) is 5.98. The van der Waals surface area contributed by atoms with Crippen molar-refractivity contribution in [2.45, 2.75) is 45.8 Å². The number of pyridine rings is 2. The van der Waals surface area contributed by atoms with Crippen LogP contribution in [-0.2, 0) is 0 Å². The van der Waals surface area contributed by atoms with Gasteiger partial charge < -0.3 is 14.5 Å². The van der Waals surface area contributed by atoms with E-state index in [1.807, 2.05) is 18.3 Å². The Kier molecular flexibility index (Phi) is 4.81. The number of ether oxygens (including phenoxy) is 2. The van der Waals surface area contributed by atoms with Gasteiger partial charge in [0.15, 0.2) is 11.4 Å². The van der Waals surface area contributed by atoms with Crippen molar-refractivity contribution in [3.05, 3.63) is 36.3 Å². The maximum atomic E-state index is 6.16. The fourth-order valence-corrected chi connectivity index (χ4v) is 4.24. The Morgan fingerprint density at radius 3 is 2.68 bits per heavy atom. The van der Waals surface area contributed by atoms with Crippen LogP contribution < -0.4 is 9.47 Å². The second-order valence-electron chi connectivity index (χ2n) is 8.73. The number of aromatic nitrogens is 5. The first-order valence-corrected chi connectivity index (χ1v) is 10.8. The minimum atomic E-state index is 0.201. The monoisotopic (exact) mass is 420 g/mol. The molecule has 0 aliphatic carbocycles. The molecule has 5 heterocycles. The van der Waals surface area contributed by atoms with Gasteiger partial charge in [0.25, 0.3) is 0 Å². The smallest absolute Gasteiger partial charge is 0.214 e. The van der Waals surface area contributed by atoms with Crippen LogP contribution in [0.15, 0.2) is 30.7 Å². The van der Waals surface area contributed by atoms with Gasteiger partial charge in [0.05, 0.1) is 23.8 Å². The fraction of sp³-hybridized carbons (Fsp3) is 0.435. The molecule has 1 aliphatic heterocycles. The Morgan fingerprint density at radius 2 is 1.97 bits per heavy atom. The van der Waals surface area contributed by atoms with E-state index in [9.17, 15) is 0 Å². The molecule has 1 saturated heterocycles. The second kappa shape index (κ2) is 7.53. The van der Waals surface area contributed by atoms with Gasteiger partial charge in [-0.2, -0.15) is 5.10 Å². The zero-order valence-electron chi connectivity index (χ0n) is 18.6. The number of nitrogens with zero attached hydrogens (tertiary/aromatic N) is 5. The molecule has 8 nitrogen and oxygen atoms in total. The van der Waals surface area contributed by atoms with E-state index in [2.05, 4.69) is 53.7 Å². The quantitative estimate of drug-likeness (QED) is 0.510. The average molecular weight is 421 g/mol. The van der Waals surface area contributed by atoms with E-state index in [-0.39, 0.29) is 12.0 Å². The summed E-state index contributed by atoms with van der Waals surface area (Å²) in [5.74, 6) is 1.63. The molecular weight excluding hydrogens is 392 g/mol. The van der Waals surface area contributed by atoms with E-state index in [4.69, 9.17) is 14.5 Å². The lowest BCUT2D eigenvalue weighted by Crippen LogP contribution is -2.56. The summed E-state index contributed by atoms with van der Waals surface area (Å²) in [6, 6.07) is 6.55. The molecule has 31 heavy (non-hydrogen) atoms. The van der Waals surface area contributed by atoms with E-state index in [1.54, 1.807) is 11.6 Å². The lowest BCUT2D eigenvalue weighted by atomic mass is 9.99. The number of rotatable bonds is 6. The highest BCUT2D eigenvalue weighted by Crippen LogP contribution is 2.37. The van der Waals surface area contributed by atoms with Crippen LogP contribution in [0, 0.1) is 0 Å². The highest BCUT2D eigenvalue weighted by molar-refractivity contribution is 5.89. The van der Waals surface area contributed by atoms with Gasteiger partial charge in [-0.15, -0.1) is 0 Å². The molecule has 0 amide bonds. The van der Waals surface area contributed by atoms with Crippen LogP contribution in [0.4, 0.5) is 0 Å². The summed E-state index contributed by atoms with van der Waals surface area (Å²) >= 11 is 0. The van der Waals surface area contributed by atoms with Crippen LogP contribution in [-0.4, -0.2) is 61.8 Å². The Balaban J connectivity index is 1.54. The minimum absolute atomic E-state index is 0.201. The topological polar surface area (TPSA) is 80.6 Å². The van der Waals surface area contributed by atoms with E-state index in [1.165, 1.54) is 6.33 Å². The first-order valence-electron chi connectivity index (χ1n) is 10.8. The van der Waals surface area contributed by atoms with Gasteiger partial charge in [0.2, 0.25) is 5.88 Å². The summed E-state index contributed by atoms with van der Waals surface area (Å²) in [4.78, 5) is 15.1. The van der Waals surface area contributed by atoms with Gasteiger partial charge in [0, 0.05) is 42.5 Å². The normalized spacial score (nSPS) is 15.3. The van der Waals surface area contributed by atoms with Crippen molar-refractivity contribution in [3.63, 3.8) is 0 Å². The van der Waals surface area contributed by atoms with Gasteiger partial charge in [-0.1, -0.05) is 13.8 Å². The third kappa shape index (κ3) is 3.40. The van der Waals surface area contributed by atoms with E-state index in [0.717, 1.165) is 40.9 Å². The molecule has 0 bridgehead atoms. The highest BCUT2D eigenvalue weighted by atomic mass is 16.5. The Labute approximate surface area is 181 Å². The van der Waals surface area contributed by atoms with Gasteiger partial charge in [-0.05, 0) is 31.9 Å². The Bertz CT molecular complexity index is 1240. The third-order valence-corrected chi connectivity index (χ3v) is 5.98. The maximum absolute atomic E-state index is 6.16. The standard InChI is InChI=1S/C23H28N6O2/c1-13(2)20-21(15-8-18(30-5)23-24-12-25-29(23)9-15)26-17-6-7-19(27-22(17)20)31-16-10-28(11-16)14(3)4/h6-9,12-14,16,26H,10-11H2,1-5H3. The number of H-pyrrole nitrogens is 1. The molecular formula is C23H28N6O2.